The molecule has 0 radical (unpaired) electrons. The number of hydrogen-bond donors (Lipinski definition) is 5. The van der Waals surface area contributed by atoms with Crippen LogP contribution in [0.4, 0.5) is 10.5 Å². The third-order valence-corrected chi connectivity index (χ3v) is 18.9. The lowest BCUT2D eigenvalue weighted by molar-refractivity contribution is -0.175. The van der Waals surface area contributed by atoms with Gasteiger partial charge in [0.25, 0.3) is 5.56 Å². The molecule has 8 rings (SSSR count). The molecule has 2 atom stereocenters. The highest BCUT2D eigenvalue weighted by Gasteiger charge is 2.51. The van der Waals surface area contributed by atoms with E-state index in [-0.39, 0.29) is 86.9 Å². The van der Waals surface area contributed by atoms with Crippen LogP contribution in [0.1, 0.15) is 139 Å². The van der Waals surface area contributed by atoms with Gasteiger partial charge in [0.1, 0.15) is 38.2 Å². The number of ether oxygens (including phenoxy) is 5. The van der Waals surface area contributed by atoms with Gasteiger partial charge in [0.05, 0.1) is 65.8 Å². The standard InChI is InChI=1S/C67H87N13O16S2/c1-10-67(52-32-55-59-50(37-79(55)61(85)51(52)39-93-62(67)86)48(49-19-14-15-20-53(49)74-59)27-30-80(43(2)3)98(9,90)91)96-64(87)94-38-44-23-25-46(26-24-44)72-60(84)54(21-16-17-29-68)73-57(82)40-92-41-58(83)75-65(4,5)42-95-66(6,7)28-31-78-36-47(76-77-78)35-69-56(81)22-13-11-12-18-45-33-70-63(71-34-45)97(8,88)89/h12,14-15,18-20,23-26,32-34,36,43,54H,10-11,13,16-17,21-22,27-31,35,37-42,68H2,1-9H3,(H,69,81)(H,72,84)(H,73,82)(H,75,83)/b18-12-/t54-,67-/m0/s1. The minimum Gasteiger partial charge on any atom is -0.457 e. The maximum Gasteiger partial charge on any atom is 0.510 e. The van der Waals surface area contributed by atoms with Crippen molar-refractivity contribution in [3.63, 3.8) is 0 Å². The topological polar surface area (TPSA) is 386 Å². The van der Waals surface area contributed by atoms with Crippen molar-refractivity contribution in [2.24, 2.45) is 5.73 Å². The van der Waals surface area contributed by atoms with Gasteiger partial charge in [0, 0.05) is 72.0 Å². The second-order valence-electron chi connectivity index (χ2n) is 25.8. The van der Waals surface area contributed by atoms with Gasteiger partial charge in [-0.2, -0.15) is 4.31 Å². The van der Waals surface area contributed by atoms with Crippen molar-refractivity contribution in [1.82, 2.24) is 54.8 Å². The Morgan fingerprint density at radius 3 is 2.34 bits per heavy atom. The number of carbonyl (C=O) groups is 6. The van der Waals surface area contributed by atoms with Crippen LogP contribution in [-0.2, 0) is 112 Å². The number of nitrogens with zero attached hydrogens (tertiary/aromatic N) is 8. The number of nitrogens with one attached hydrogen (secondary N) is 4. The van der Waals surface area contributed by atoms with Gasteiger partial charge in [-0.05, 0) is 135 Å². The fourth-order valence-electron chi connectivity index (χ4n) is 11.3. The summed E-state index contributed by atoms with van der Waals surface area (Å²) in [7, 11) is -7.03. The van der Waals surface area contributed by atoms with Gasteiger partial charge < -0.3 is 55.3 Å². The summed E-state index contributed by atoms with van der Waals surface area (Å²) in [4.78, 5) is 107. The van der Waals surface area contributed by atoms with E-state index in [1.54, 1.807) is 81.9 Å². The lowest BCUT2D eigenvalue weighted by Crippen LogP contribution is -2.50. The molecule has 0 unspecified atom stereocenters. The SMILES string of the molecule is CC[C@@]1(OC(=O)OCc2ccc(NC(=O)[C@H](CCCCN)NC(=O)COCC(=O)NC(C)(C)COC(C)(C)CCn3cc(CNC(=O)CCC/C=C\c4cnc(S(C)(=O)=O)nc4)nn3)cc2)C(=O)OCc2c1cc1n(c2=O)Cc2c-1nc1ccccc1c2CCN(C(C)C)S(C)(=O)=O. The summed E-state index contributed by atoms with van der Waals surface area (Å²) in [6.07, 6.45) is 12.8. The highest BCUT2D eigenvalue weighted by Crippen LogP contribution is 2.42. The maximum atomic E-state index is 14.4. The number of allylic oxidation sites excluding steroid dienone is 1. The number of aryl methyl sites for hydroxylation is 1. The van der Waals surface area contributed by atoms with Crippen LogP contribution in [0, 0.1) is 0 Å². The number of benzene rings is 2. The third-order valence-electron chi connectivity index (χ3n) is 16.5. The number of anilines is 1. The fourth-order valence-corrected chi connectivity index (χ4v) is 13.0. The van der Waals surface area contributed by atoms with Gasteiger partial charge >= 0.3 is 12.1 Å². The number of carbonyl (C=O) groups excluding carboxylic acids is 6. The van der Waals surface area contributed by atoms with Crippen LogP contribution in [0.25, 0.3) is 28.4 Å². The minimum absolute atomic E-state index is 0.118. The average Bonchev–Trinajstić information content (AvgIpc) is 1.48. The van der Waals surface area contributed by atoms with Crippen molar-refractivity contribution in [3.8, 4) is 11.4 Å². The summed E-state index contributed by atoms with van der Waals surface area (Å²) in [5.41, 5.74) is 7.08. The molecular formula is C67H87N13O16S2. The Labute approximate surface area is 569 Å². The summed E-state index contributed by atoms with van der Waals surface area (Å²) >= 11 is 0. The molecule has 0 aliphatic carbocycles. The number of hydrogen-bond acceptors (Lipinski definition) is 22. The molecule has 0 bridgehead atoms. The van der Waals surface area contributed by atoms with Crippen molar-refractivity contribution in [2.75, 3.05) is 50.7 Å². The molecule has 4 amide bonds. The zero-order chi connectivity index (χ0) is 71.2. The number of rotatable bonds is 35. The van der Waals surface area contributed by atoms with Gasteiger partial charge in [-0.1, -0.05) is 54.6 Å². The van der Waals surface area contributed by atoms with E-state index in [2.05, 4.69) is 41.5 Å². The number of cyclic esters (lactones) is 1. The number of unbranched alkanes of at least 4 members (excludes halogenated alkanes) is 2. The lowest BCUT2D eigenvalue weighted by atomic mass is 9.85. The first-order chi connectivity index (χ1) is 46.4. The van der Waals surface area contributed by atoms with Crippen LogP contribution in [0.2, 0.25) is 0 Å². The first-order valence-electron chi connectivity index (χ1n) is 32.3. The molecule has 528 valence electrons. The predicted octanol–water partition coefficient (Wildman–Crippen LogP) is 5.29. The fraction of sp³-hybridized carbons (Fsp3) is 0.493. The van der Waals surface area contributed by atoms with Crippen molar-refractivity contribution >= 4 is 78.3 Å². The average molecular weight is 1390 g/mol. The first kappa shape index (κ1) is 74.9. The summed E-state index contributed by atoms with van der Waals surface area (Å²) in [6.45, 7) is 12.4. The van der Waals surface area contributed by atoms with E-state index in [0.29, 0.717) is 91.0 Å². The number of sulfone groups is 1. The molecule has 4 aromatic heterocycles. The van der Waals surface area contributed by atoms with Crippen LogP contribution in [-0.4, -0.2) is 160 Å². The van der Waals surface area contributed by atoms with E-state index in [4.69, 9.17) is 34.4 Å². The van der Waals surface area contributed by atoms with Crippen molar-refractivity contribution in [3.05, 3.63) is 129 Å². The van der Waals surface area contributed by atoms with Gasteiger partial charge in [-0.15, -0.1) is 5.10 Å². The molecule has 31 heteroatoms. The second kappa shape index (κ2) is 32.7. The predicted molar refractivity (Wildman–Crippen MR) is 361 cm³/mol. The number of para-hydroxylation sites is 1. The molecule has 0 saturated carbocycles. The third kappa shape index (κ3) is 19.9. The van der Waals surface area contributed by atoms with Crippen LogP contribution < -0.4 is 32.6 Å². The van der Waals surface area contributed by atoms with Crippen LogP contribution in [0.3, 0.4) is 0 Å². The molecule has 29 nitrogen and oxygen atoms in total. The Kier molecular flexibility index (Phi) is 25.0. The molecule has 6 N–H and O–H groups in total. The Bertz CT molecular complexity index is 4210. The van der Waals surface area contributed by atoms with Crippen LogP contribution in [0.15, 0.2) is 89.2 Å². The first-order valence-corrected chi connectivity index (χ1v) is 36.1. The van der Waals surface area contributed by atoms with E-state index >= 15 is 0 Å². The zero-order valence-electron chi connectivity index (χ0n) is 56.7. The number of sulfonamides is 1. The largest absolute Gasteiger partial charge is 0.510 e. The quantitative estimate of drug-likeness (QED) is 0.0191. The number of amides is 4. The summed E-state index contributed by atoms with van der Waals surface area (Å²) in [6, 6.07) is 14.1. The second-order valence-corrected chi connectivity index (χ2v) is 29.6. The smallest absolute Gasteiger partial charge is 0.457 e. The number of fused-ring (bicyclic) bond motifs is 5. The lowest BCUT2D eigenvalue weighted by Gasteiger charge is -2.35. The molecule has 0 spiro atoms. The number of aromatic nitrogens is 7. The number of nitrogens with two attached hydrogens (primary N) is 1. The Morgan fingerprint density at radius 1 is 0.918 bits per heavy atom. The Hall–Kier alpha value is -8.88. The Morgan fingerprint density at radius 2 is 1.64 bits per heavy atom. The van der Waals surface area contributed by atoms with Gasteiger partial charge in [0.15, 0.2) is 0 Å². The summed E-state index contributed by atoms with van der Waals surface area (Å²) < 4.78 is 81.9. The van der Waals surface area contributed by atoms with E-state index in [1.165, 1.54) is 27.5 Å². The minimum atomic E-state index is -3.54. The normalized spacial score (nSPS) is 15.0. The number of pyridine rings is 2. The molecule has 0 saturated heterocycles. The van der Waals surface area contributed by atoms with E-state index < -0.39 is 91.3 Å². The molecule has 2 aliphatic rings. The van der Waals surface area contributed by atoms with Crippen LogP contribution >= 0.6 is 0 Å². The van der Waals surface area contributed by atoms with Crippen molar-refractivity contribution in [1.29, 1.82) is 0 Å². The van der Waals surface area contributed by atoms with Gasteiger partial charge in [-0.25, -0.2) is 41.4 Å². The monoisotopic (exact) mass is 1390 g/mol. The van der Waals surface area contributed by atoms with Crippen molar-refractivity contribution in [2.45, 2.75) is 173 Å². The zero-order valence-corrected chi connectivity index (χ0v) is 58.3. The summed E-state index contributed by atoms with van der Waals surface area (Å²) in [5.74, 6) is -2.71. The number of esters is 1. The van der Waals surface area contributed by atoms with Gasteiger partial charge in [0.2, 0.25) is 54.2 Å². The highest BCUT2D eigenvalue weighted by atomic mass is 32.2. The molecule has 2 aliphatic heterocycles. The molecular weight excluding hydrogens is 1310 g/mol. The molecule has 98 heavy (non-hydrogen) atoms. The highest BCUT2D eigenvalue weighted by molar-refractivity contribution is 7.90. The molecule has 0 fully saturated rings. The molecule has 6 aromatic rings. The maximum absolute atomic E-state index is 14.4. The molecule has 6 heterocycles. The molecule has 2 aromatic carbocycles. The van der Waals surface area contributed by atoms with E-state index in [0.717, 1.165) is 22.8 Å². The van der Waals surface area contributed by atoms with Crippen molar-refractivity contribution < 1.29 is 69.3 Å². The summed E-state index contributed by atoms with van der Waals surface area (Å²) in [5, 5.41) is 20.1. The van der Waals surface area contributed by atoms with E-state index in [9.17, 15) is 50.4 Å². The van der Waals surface area contributed by atoms with E-state index in [1.807, 2.05) is 44.2 Å². The Balaban J connectivity index is 0.765. The van der Waals surface area contributed by atoms with Crippen LogP contribution in [0.5, 0.6) is 0 Å². The van der Waals surface area contributed by atoms with Gasteiger partial charge in [-0.3, -0.25) is 28.7 Å².